The highest BCUT2D eigenvalue weighted by molar-refractivity contribution is 6.40. The predicted molar refractivity (Wildman–Crippen MR) is 141 cm³/mol. The SMILES string of the molecule is CCN1c2ccc(/C=C/C3=CC(=C4C(=O)c5ccccc5C4=O)C=C(C)O3)cc2C(C)CC1(C)C. The summed E-state index contributed by atoms with van der Waals surface area (Å²) >= 11 is 0. The molecule has 0 saturated carbocycles. The van der Waals surface area contributed by atoms with Crippen LogP contribution in [0.5, 0.6) is 0 Å². The van der Waals surface area contributed by atoms with Crippen LogP contribution in [-0.2, 0) is 4.74 Å². The highest BCUT2D eigenvalue weighted by atomic mass is 16.5. The van der Waals surface area contributed by atoms with E-state index in [9.17, 15) is 9.59 Å². The highest BCUT2D eigenvalue weighted by Crippen LogP contribution is 2.43. The highest BCUT2D eigenvalue weighted by Gasteiger charge is 2.36. The standard InChI is InChI=1S/C31H31NO3/c1-6-32-27-14-12-21(16-26(27)19(2)18-31(32,4)5)11-13-23-17-22(15-20(3)35-23)28-29(33)24-9-7-8-10-25(24)30(28)34/h7-17,19H,6,18H2,1-5H3/b13-11+. The van der Waals surface area contributed by atoms with Gasteiger partial charge in [-0.05, 0) is 87.1 Å². The molecule has 2 aromatic carbocycles. The smallest absolute Gasteiger partial charge is 0.198 e. The molecule has 0 saturated heterocycles. The molecule has 1 aliphatic carbocycles. The van der Waals surface area contributed by atoms with Gasteiger partial charge in [0.1, 0.15) is 11.5 Å². The second kappa shape index (κ2) is 8.53. The Morgan fingerprint density at radius 2 is 1.71 bits per heavy atom. The van der Waals surface area contributed by atoms with E-state index in [2.05, 4.69) is 50.8 Å². The van der Waals surface area contributed by atoms with Gasteiger partial charge in [-0.25, -0.2) is 0 Å². The van der Waals surface area contributed by atoms with Crippen molar-refractivity contribution in [3.05, 3.63) is 106 Å². The Bertz CT molecular complexity index is 1330. The van der Waals surface area contributed by atoms with Crippen LogP contribution in [-0.4, -0.2) is 23.7 Å². The van der Waals surface area contributed by atoms with E-state index >= 15 is 0 Å². The van der Waals surface area contributed by atoms with Crippen molar-refractivity contribution in [2.24, 2.45) is 0 Å². The summed E-state index contributed by atoms with van der Waals surface area (Å²) in [6.45, 7) is 12.0. The van der Waals surface area contributed by atoms with Crippen molar-refractivity contribution < 1.29 is 14.3 Å². The van der Waals surface area contributed by atoms with Crippen LogP contribution in [0.25, 0.3) is 6.08 Å². The number of benzene rings is 2. The minimum atomic E-state index is -0.224. The minimum Gasteiger partial charge on any atom is -0.462 e. The van der Waals surface area contributed by atoms with Gasteiger partial charge in [0, 0.05) is 28.9 Å². The van der Waals surface area contributed by atoms with Gasteiger partial charge >= 0.3 is 0 Å². The van der Waals surface area contributed by atoms with E-state index in [1.54, 1.807) is 36.4 Å². The number of hydrogen-bond donors (Lipinski definition) is 0. The molecular weight excluding hydrogens is 434 g/mol. The third-order valence-corrected chi connectivity index (χ3v) is 7.26. The molecule has 1 atom stereocenters. The van der Waals surface area contributed by atoms with Gasteiger partial charge in [-0.2, -0.15) is 0 Å². The number of rotatable bonds is 3. The summed E-state index contributed by atoms with van der Waals surface area (Å²) in [6, 6.07) is 13.6. The lowest BCUT2D eigenvalue weighted by molar-refractivity contribution is 0.0988. The zero-order valence-electron chi connectivity index (χ0n) is 21.0. The molecule has 3 aliphatic rings. The quantitative estimate of drug-likeness (QED) is 0.361. The number of carbonyl (C=O) groups excluding carboxylic acids is 2. The molecule has 2 aliphatic heterocycles. The fourth-order valence-electron chi connectivity index (χ4n) is 5.79. The van der Waals surface area contributed by atoms with E-state index in [0.29, 0.717) is 34.1 Å². The first-order valence-electron chi connectivity index (χ1n) is 12.3. The maximum atomic E-state index is 13.0. The van der Waals surface area contributed by atoms with Crippen molar-refractivity contribution in [3.63, 3.8) is 0 Å². The lowest BCUT2D eigenvalue weighted by atomic mass is 9.79. The average molecular weight is 466 g/mol. The van der Waals surface area contributed by atoms with E-state index in [-0.39, 0.29) is 22.7 Å². The molecule has 0 bridgehead atoms. The molecule has 0 spiro atoms. The molecule has 2 heterocycles. The Morgan fingerprint density at radius 1 is 1.03 bits per heavy atom. The van der Waals surface area contributed by atoms with E-state index in [1.165, 1.54) is 11.3 Å². The van der Waals surface area contributed by atoms with Gasteiger partial charge in [0.25, 0.3) is 0 Å². The second-order valence-electron chi connectivity index (χ2n) is 10.3. The number of carbonyl (C=O) groups is 2. The number of Topliss-reactive ketones (excluding diaryl/α,β-unsaturated/α-hetero) is 2. The summed E-state index contributed by atoms with van der Waals surface area (Å²) in [5.41, 5.74) is 5.66. The van der Waals surface area contributed by atoms with Crippen molar-refractivity contribution in [1.82, 2.24) is 0 Å². The van der Waals surface area contributed by atoms with Crippen molar-refractivity contribution in [3.8, 4) is 0 Å². The Hall–Kier alpha value is -3.66. The largest absolute Gasteiger partial charge is 0.462 e. The Morgan fingerprint density at radius 3 is 2.37 bits per heavy atom. The van der Waals surface area contributed by atoms with Crippen LogP contribution in [0.2, 0.25) is 0 Å². The fraction of sp³-hybridized carbons (Fsp3) is 0.290. The lowest BCUT2D eigenvalue weighted by Crippen LogP contribution is -2.48. The molecule has 4 heteroatoms. The van der Waals surface area contributed by atoms with Gasteiger partial charge in [0.15, 0.2) is 11.6 Å². The van der Waals surface area contributed by atoms with Gasteiger partial charge in [-0.3, -0.25) is 9.59 Å². The first-order valence-corrected chi connectivity index (χ1v) is 12.3. The molecule has 1 unspecified atom stereocenters. The molecule has 0 aromatic heterocycles. The molecular formula is C31H31NO3. The second-order valence-corrected chi connectivity index (χ2v) is 10.3. The van der Waals surface area contributed by atoms with E-state index in [0.717, 1.165) is 18.5 Å². The topological polar surface area (TPSA) is 46.6 Å². The maximum absolute atomic E-state index is 13.0. The van der Waals surface area contributed by atoms with Gasteiger partial charge in [0.05, 0.1) is 5.57 Å². The first-order chi connectivity index (χ1) is 16.7. The molecule has 178 valence electrons. The van der Waals surface area contributed by atoms with E-state index < -0.39 is 0 Å². The van der Waals surface area contributed by atoms with Crippen LogP contribution >= 0.6 is 0 Å². The number of anilines is 1. The number of hydrogen-bond acceptors (Lipinski definition) is 4. The fourth-order valence-corrected chi connectivity index (χ4v) is 5.79. The Labute approximate surface area is 207 Å². The van der Waals surface area contributed by atoms with Crippen LogP contribution in [0.15, 0.2) is 83.4 Å². The summed E-state index contributed by atoms with van der Waals surface area (Å²) in [7, 11) is 0. The normalized spacial score (nSPS) is 21.1. The molecule has 0 N–H and O–H groups in total. The number of nitrogens with zero attached hydrogens (tertiary/aromatic N) is 1. The summed E-state index contributed by atoms with van der Waals surface area (Å²) in [6.07, 6.45) is 8.59. The minimum absolute atomic E-state index is 0.141. The summed E-state index contributed by atoms with van der Waals surface area (Å²) in [4.78, 5) is 28.4. The van der Waals surface area contributed by atoms with E-state index in [1.807, 2.05) is 19.1 Å². The molecule has 2 aromatic rings. The zero-order chi connectivity index (χ0) is 24.9. The molecule has 5 rings (SSSR count). The Balaban J connectivity index is 1.47. The molecule has 35 heavy (non-hydrogen) atoms. The average Bonchev–Trinajstić information content (AvgIpc) is 3.07. The summed E-state index contributed by atoms with van der Waals surface area (Å²) < 4.78 is 5.91. The van der Waals surface area contributed by atoms with Crippen LogP contribution < -0.4 is 4.90 Å². The number of allylic oxidation sites excluding steroid dienone is 6. The van der Waals surface area contributed by atoms with Crippen LogP contribution in [0.3, 0.4) is 0 Å². The van der Waals surface area contributed by atoms with Crippen LogP contribution in [0.4, 0.5) is 5.69 Å². The third kappa shape index (κ3) is 3.97. The van der Waals surface area contributed by atoms with Crippen molar-refractivity contribution in [2.45, 2.75) is 52.5 Å². The van der Waals surface area contributed by atoms with Crippen LogP contribution in [0.1, 0.15) is 78.8 Å². The number of fused-ring (bicyclic) bond motifs is 2. The summed E-state index contributed by atoms with van der Waals surface area (Å²) in [5.74, 6) is 1.28. The number of ether oxygens (including phenoxy) is 1. The van der Waals surface area contributed by atoms with E-state index in [4.69, 9.17) is 4.74 Å². The predicted octanol–water partition coefficient (Wildman–Crippen LogP) is 7.01. The lowest BCUT2D eigenvalue weighted by Gasteiger charge is -2.47. The van der Waals surface area contributed by atoms with Crippen LogP contribution in [0, 0.1) is 0 Å². The first kappa shape index (κ1) is 23.1. The van der Waals surface area contributed by atoms with Gasteiger partial charge in [0.2, 0.25) is 0 Å². The van der Waals surface area contributed by atoms with Crippen molar-refractivity contribution in [1.29, 1.82) is 0 Å². The maximum Gasteiger partial charge on any atom is 0.198 e. The molecule has 0 fully saturated rings. The number of ketones is 2. The van der Waals surface area contributed by atoms with Gasteiger partial charge in [-0.15, -0.1) is 0 Å². The molecule has 0 amide bonds. The zero-order valence-corrected chi connectivity index (χ0v) is 21.0. The monoisotopic (exact) mass is 465 g/mol. The third-order valence-electron chi connectivity index (χ3n) is 7.26. The molecule has 4 nitrogen and oxygen atoms in total. The molecule has 0 radical (unpaired) electrons. The summed E-state index contributed by atoms with van der Waals surface area (Å²) in [5, 5.41) is 0. The van der Waals surface area contributed by atoms with Crippen molar-refractivity contribution in [2.75, 3.05) is 11.4 Å². The van der Waals surface area contributed by atoms with Crippen molar-refractivity contribution >= 4 is 23.3 Å². The Kier molecular flexibility index (Phi) is 5.63. The van der Waals surface area contributed by atoms with Gasteiger partial charge < -0.3 is 9.64 Å². The van der Waals surface area contributed by atoms with Gasteiger partial charge in [-0.1, -0.05) is 43.3 Å².